The average molecular weight is 340 g/mol. The molecule has 0 fully saturated rings. The smallest absolute Gasteiger partial charge is 0.285 e. The Morgan fingerprint density at radius 3 is 2.54 bits per heavy atom. The minimum atomic E-state index is 0.0355. The van der Waals surface area contributed by atoms with Gasteiger partial charge in [0.1, 0.15) is 0 Å². The number of carbonyl (C=O) groups is 1. The highest BCUT2D eigenvalue weighted by atomic mass is 32.2. The van der Waals surface area contributed by atoms with Crippen molar-refractivity contribution in [1.29, 1.82) is 0 Å². The molecule has 0 N–H and O–H groups in total. The van der Waals surface area contributed by atoms with E-state index in [1.54, 1.807) is 19.0 Å². The predicted octanol–water partition coefficient (Wildman–Crippen LogP) is 5.55. The van der Waals surface area contributed by atoms with Crippen molar-refractivity contribution in [3.63, 3.8) is 0 Å². The Morgan fingerprint density at radius 2 is 1.88 bits per heavy atom. The fraction of sp³-hybridized carbons (Fsp3) is 0.300. The molecule has 1 amide bonds. The van der Waals surface area contributed by atoms with Crippen LogP contribution in [0.1, 0.15) is 30.9 Å². The largest absolute Gasteiger partial charge is 0.339 e. The van der Waals surface area contributed by atoms with Gasteiger partial charge in [-0.25, -0.2) is 0 Å². The summed E-state index contributed by atoms with van der Waals surface area (Å²) in [5.41, 5.74) is 3.12. The maximum absolute atomic E-state index is 12.2. The second kappa shape index (κ2) is 9.28. The van der Waals surface area contributed by atoms with Crippen molar-refractivity contribution in [2.75, 3.05) is 14.1 Å². The standard InChI is InChI=1S/C20H24N2OS/c1-4-5-10-16-11-9-12-17(19(16)24-20(23)22(2)3)15-21-18-13-7-6-8-14-18/h6-9,11-15H,4-5,10H2,1-3H3. The molecule has 0 heterocycles. The van der Waals surface area contributed by atoms with Crippen molar-refractivity contribution >= 4 is 28.9 Å². The summed E-state index contributed by atoms with van der Waals surface area (Å²) < 4.78 is 0. The number of unbranched alkanes of at least 4 members (excludes halogenated alkanes) is 1. The molecule has 0 saturated carbocycles. The molecule has 2 rings (SSSR count). The molecule has 24 heavy (non-hydrogen) atoms. The van der Waals surface area contributed by atoms with Crippen LogP contribution in [0.4, 0.5) is 10.5 Å². The molecule has 0 aliphatic rings. The number of carbonyl (C=O) groups excluding carboxylic acids is 1. The maximum atomic E-state index is 12.2. The van der Waals surface area contributed by atoms with Gasteiger partial charge >= 0.3 is 0 Å². The summed E-state index contributed by atoms with van der Waals surface area (Å²) in [5, 5.41) is 0.0355. The molecule has 0 unspecified atom stereocenters. The maximum Gasteiger partial charge on any atom is 0.285 e. The van der Waals surface area contributed by atoms with E-state index in [0.717, 1.165) is 35.4 Å². The number of rotatable bonds is 6. The Bertz CT molecular complexity index is 696. The fourth-order valence-corrected chi connectivity index (χ4v) is 3.13. The molecule has 0 spiro atoms. The van der Waals surface area contributed by atoms with Gasteiger partial charge in [-0.05, 0) is 42.3 Å². The SMILES string of the molecule is CCCCc1cccc(C=Nc2ccccc2)c1SC(=O)N(C)C. The first-order valence-corrected chi connectivity index (χ1v) is 9.03. The molecule has 2 aromatic rings. The van der Waals surface area contributed by atoms with E-state index in [4.69, 9.17) is 0 Å². The molecule has 0 aromatic heterocycles. The van der Waals surface area contributed by atoms with Crippen molar-refractivity contribution in [3.05, 3.63) is 59.7 Å². The number of thioether (sulfide) groups is 1. The van der Waals surface area contributed by atoms with Gasteiger partial charge in [-0.1, -0.05) is 49.7 Å². The van der Waals surface area contributed by atoms with Gasteiger partial charge in [0.25, 0.3) is 5.24 Å². The highest BCUT2D eigenvalue weighted by Crippen LogP contribution is 2.29. The van der Waals surface area contributed by atoms with Crippen LogP contribution in [0.25, 0.3) is 0 Å². The minimum absolute atomic E-state index is 0.0355. The molecule has 0 saturated heterocycles. The van der Waals surface area contributed by atoms with Gasteiger partial charge in [0.2, 0.25) is 0 Å². The molecule has 2 aromatic carbocycles. The van der Waals surface area contributed by atoms with Crippen LogP contribution < -0.4 is 0 Å². The third-order valence-electron chi connectivity index (χ3n) is 3.59. The Labute approximate surface area is 148 Å². The number of benzene rings is 2. The summed E-state index contributed by atoms with van der Waals surface area (Å²) in [4.78, 5) is 19.4. The van der Waals surface area contributed by atoms with Crippen LogP contribution in [-0.2, 0) is 6.42 Å². The number of aryl methyl sites for hydroxylation is 1. The third kappa shape index (κ3) is 5.24. The van der Waals surface area contributed by atoms with Crippen LogP contribution in [0.15, 0.2) is 58.4 Å². The van der Waals surface area contributed by atoms with Gasteiger partial charge in [0.05, 0.1) is 5.69 Å². The molecule has 0 aliphatic heterocycles. The molecular weight excluding hydrogens is 316 g/mol. The van der Waals surface area contributed by atoms with Gasteiger partial charge in [0.15, 0.2) is 0 Å². The quantitative estimate of drug-likeness (QED) is 0.510. The van der Waals surface area contributed by atoms with E-state index >= 15 is 0 Å². The number of para-hydroxylation sites is 1. The van der Waals surface area contributed by atoms with Crippen molar-refractivity contribution in [2.45, 2.75) is 31.1 Å². The molecule has 0 atom stereocenters. The molecular formula is C20H24N2OS. The second-order valence-corrected chi connectivity index (χ2v) is 6.76. The van der Waals surface area contributed by atoms with Gasteiger partial charge in [0, 0.05) is 30.8 Å². The van der Waals surface area contributed by atoms with Crippen molar-refractivity contribution < 1.29 is 4.79 Å². The Kier molecular flexibility index (Phi) is 7.07. The van der Waals surface area contributed by atoms with E-state index in [9.17, 15) is 4.79 Å². The van der Waals surface area contributed by atoms with Crippen molar-refractivity contribution in [2.24, 2.45) is 4.99 Å². The highest BCUT2D eigenvalue weighted by molar-refractivity contribution is 8.13. The van der Waals surface area contributed by atoms with Gasteiger partial charge in [-0.2, -0.15) is 0 Å². The zero-order valence-corrected chi connectivity index (χ0v) is 15.3. The van der Waals surface area contributed by atoms with Crippen LogP contribution in [0.3, 0.4) is 0 Å². The molecule has 0 bridgehead atoms. The van der Waals surface area contributed by atoms with E-state index in [0.29, 0.717) is 0 Å². The highest BCUT2D eigenvalue weighted by Gasteiger charge is 2.14. The normalized spacial score (nSPS) is 11.0. The third-order valence-corrected chi connectivity index (χ3v) is 4.83. The molecule has 126 valence electrons. The topological polar surface area (TPSA) is 32.7 Å². The van der Waals surface area contributed by atoms with Crippen molar-refractivity contribution in [3.8, 4) is 0 Å². The van der Waals surface area contributed by atoms with E-state index in [1.165, 1.54) is 17.3 Å². The predicted molar refractivity (Wildman–Crippen MR) is 104 cm³/mol. The lowest BCUT2D eigenvalue weighted by atomic mass is 10.1. The summed E-state index contributed by atoms with van der Waals surface area (Å²) in [6.07, 6.45) is 5.08. The number of nitrogens with zero attached hydrogens (tertiary/aromatic N) is 2. The zero-order chi connectivity index (χ0) is 17.4. The first kappa shape index (κ1) is 18.3. The molecule has 3 nitrogen and oxygen atoms in total. The summed E-state index contributed by atoms with van der Waals surface area (Å²) in [6.45, 7) is 2.18. The summed E-state index contributed by atoms with van der Waals surface area (Å²) in [5.74, 6) is 0. The first-order chi connectivity index (χ1) is 11.6. The Hall–Kier alpha value is -2.07. The van der Waals surface area contributed by atoms with E-state index in [2.05, 4.69) is 18.0 Å². The first-order valence-electron chi connectivity index (χ1n) is 8.22. The lowest BCUT2D eigenvalue weighted by Crippen LogP contribution is -2.16. The van der Waals surface area contributed by atoms with Crippen molar-refractivity contribution in [1.82, 2.24) is 4.90 Å². The number of amides is 1. The number of aliphatic imine (C=N–C) groups is 1. The minimum Gasteiger partial charge on any atom is -0.339 e. The molecule has 0 radical (unpaired) electrons. The van der Waals surface area contributed by atoms with Crippen LogP contribution in [0.5, 0.6) is 0 Å². The summed E-state index contributed by atoms with van der Waals surface area (Å²) in [7, 11) is 3.56. The van der Waals surface area contributed by atoms with E-state index in [1.807, 2.05) is 48.7 Å². The zero-order valence-electron chi connectivity index (χ0n) is 14.5. The average Bonchev–Trinajstić information content (AvgIpc) is 2.60. The van der Waals surface area contributed by atoms with E-state index in [-0.39, 0.29) is 5.24 Å². The lowest BCUT2D eigenvalue weighted by molar-refractivity contribution is 0.241. The van der Waals surface area contributed by atoms with Crippen LogP contribution in [-0.4, -0.2) is 30.4 Å². The Balaban J connectivity index is 2.34. The van der Waals surface area contributed by atoms with Crippen LogP contribution in [0.2, 0.25) is 0 Å². The summed E-state index contributed by atoms with van der Waals surface area (Å²) in [6, 6.07) is 16.0. The monoisotopic (exact) mass is 340 g/mol. The second-order valence-electron chi connectivity index (χ2n) is 5.80. The van der Waals surface area contributed by atoms with E-state index < -0.39 is 0 Å². The lowest BCUT2D eigenvalue weighted by Gasteiger charge is -2.14. The molecule has 4 heteroatoms. The van der Waals surface area contributed by atoms with Gasteiger partial charge in [-0.15, -0.1) is 0 Å². The van der Waals surface area contributed by atoms with Gasteiger partial charge < -0.3 is 4.90 Å². The van der Waals surface area contributed by atoms with Gasteiger partial charge in [-0.3, -0.25) is 9.79 Å². The number of hydrogen-bond donors (Lipinski definition) is 0. The molecule has 0 aliphatic carbocycles. The fourth-order valence-electron chi connectivity index (χ4n) is 2.23. The number of hydrogen-bond acceptors (Lipinski definition) is 3. The van der Waals surface area contributed by atoms with Crippen LogP contribution in [0, 0.1) is 0 Å². The Morgan fingerprint density at radius 1 is 1.12 bits per heavy atom. The summed E-state index contributed by atoms with van der Waals surface area (Å²) >= 11 is 1.29. The van der Waals surface area contributed by atoms with Crippen LogP contribution >= 0.6 is 11.8 Å².